The number of carbonyl (C=O) groups is 1. The Morgan fingerprint density at radius 3 is 2.95 bits per heavy atom. The van der Waals surface area contributed by atoms with Gasteiger partial charge in [0, 0.05) is 25.7 Å². The molecule has 104 valence electrons. The summed E-state index contributed by atoms with van der Waals surface area (Å²) < 4.78 is 4.67. The van der Waals surface area contributed by atoms with Crippen LogP contribution in [0.4, 0.5) is 5.82 Å². The molecule has 0 saturated carbocycles. The Morgan fingerprint density at radius 1 is 1.47 bits per heavy atom. The van der Waals surface area contributed by atoms with Crippen molar-refractivity contribution >= 4 is 11.8 Å². The maximum Gasteiger partial charge on any atom is 0.358 e. The summed E-state index contributed by atoms with van der Waals surface area (Å²) in [6, 6.07) is 0.511. The molecular weight excluding hydrogens is 244 g/mol. The van der Waals surface area contributed by atoms with Gasteiger partial charge in [-0.15, -0.1) is 0 Å². The topological polar surface area (TPSA) is 58.6 Å². The molecule has 19 heavy (non-hydrogen) atoms. The van der Waals surface area contributed by atoms with Gasteiger partial charge in [0.2, 0.25) is 0 Å². The van der Waals surface area contributed by atoms with Crippen LogP contribution >= 0.6 is 0 Å². The highest BCUT2D eigenvalue weighted by molar-refractivity contribution is 5.87. The van der Waals surface area contributed by atoms with Gasteiger partial charge in [-0.1, -0.05) is 6.92 Å². The Labute approximate surface area is 113 Å². The van der Waals surface area contributed by atoms with Gasteiger partial charge in [0.25, 0.3) is 0 Å². The summed E-state index contributed by atoms with van der Waals surface area (Å²) >= 11 is 0. The monoisotopic (exact) mass is 264 g/mol. The molecule has 1 unspecified atom stereocenters. The Bertz CT molecular complexity index is 452. The van der Waals surface area contributed by atoms with Gasteiger partial charge < -0.3 is 9.64 Å². The highest BCUT2D eigenvalue weighted by atomic mass is 16.5. The van der Waals surface area contributed by atoms with E-state index in [4.69, 9.17) is 0 Å². The zero-order chi connectivity index (χ0) is 13.8. The smallest absolute Gasteiger partial charge is 0.358 e. The third-order valence-electron chi connectivity index (χ3n) is 3.59. The molecule has 0 bridgehead atoms. The van der Waals surface area contributed by atoms with Crippen LogP contribution in [-0.2, 0) is 4.74 Å². The fraction of sp³-hybridized carbons (Fsp3) is 0.615. The Hall–Kier alpha value is -1.69. The van der Waals surface area contributed by atoms with Gasteiger partial charge in [0.05, 0.1) is 19.5 Å². The normalized spacial score (nSPS) is 20.4. The van der Waals surface area contributed by atoms with E-state index in [1.165, 1.54) is 13.3 Å². The molecule has 0 radical (unpaired) electrons. The van der Waals surface area contributed by atoms with Crippen molar-refractivity contribution in [1.29, 1.82) is 0 Å². The van der Waals surface area contributed by atoms with Crippen molar-refractivity contribution < 1.29 is 9.53 Å². The molecule has 0 aliphatic carbocycles. The van der Waals surface area contributed by atoms with Gasteiger partial charge in [0.15, 0.2) is 5.69 Å². The average molecular weight is 264 g/mol. The largest absolute Gasteiger partial charge is 0.464 e. The van der Waals surface area contributed by atoms with Gasteiger partial charge in [-0.05, 0) is 13.5 Å². The standard InChI is InChI=1S/C13H20N4O2/c1-4-10-9-17(6-5-16(10)2)12-8-14-7-11(15-12)13(18)19-3/h7-8,10H,4-6,9H2,1-3H3. The number of ether oxygens (including phenoxy) is 1. The predicted molar refractivity (Wildman–Crippen MR) is 72.3 cm³/mol. The van der Waals surface area contributed by atoms with Gasteiger partial charge in [0.1, 0.15) is 5.82 Å². The highest BCUT2D eigenvalue weighted by Gasteiger charge is 2.24. The van der Waals surface area contributed by atoms with Crippen molar-refractivity contribution in [3.63, 3.8) is 0 Å². The lowest BCUT2D eigenvalue weighted by Crippen LogP contribution is -2.51. The van der Waals surface area contributed by atoms with Gasteiger partial charge in [-0.25, -0.2) is 9.78 Å². The van der Waals surface area contributed by atoms with Gasteiger partial charge in [-0.2, -0.15) is 0 Å². The summed E-state index contributed by atoms with van der Waals surface area (Å²) in [6.07, 6.45) is 4.23. The van der Waals surface area contributed by atoms with Gasteiger partial charge >= 0.3 is 5.97 Å². The van der Waals surface area contributed by atoms with E-state index in [1.54, 1.807) is 6.20 Å². The molecule has 0 aromatic carbocycles. The van der Waals surface area contributed by atoms with E-state index in [0.717, 1.165) is 31.9 Å². The first-order valence-corrected chi connectivity index (χ1v) is 6.51. The third kappa shape index (κ3) is 3.01. The van der Waals surface area contributed by atoms with Crippen molar-refractivity contribution in [1.82, 2.24) is 14.9 Å². The lowest BCUT2D eigenvalue weighted by molar-refractivity contribution is 0.0593. The fourth-order valence-corrected chi connectivity index (χ4v) is 2.31. The molecular formula is C13H20N4O2. The minimum Gasteiger partial charge on any atom is -0.464 e. The number of hydrogen-bond donors (Lipinski definition) is 0. The van der Waals surface area contributed by atoms with E-state index >= 15 is 0 Å². The lowest BCUT2D eigenvalue weighted by atomic mass is 10.1. The minimum atomic E-state index is -0.449. The maximum absolute atomic E-state index is 11.5. The summed E-state index contributed by atoms with van der Waals surface area (Å²) in [6.45, 7) is 4.97. The number of methoxy groups -OCH3 is 1. The molecule has 1 aromatic rings. The molecule has 1 aliphatic heterocycles. The van der Waals surface area contributed by atoms with Crippen LogP contribution in [0.25, 0.3) is 0 Å². The third-order valence-corrected chi connectivity index (χ3v) is 3.59. The SMILES string of the molecule is CCC1CN(c2cncc(C(=O)OC)n2)CCN1C. The summed E-state index contributed by atoms with van der Waals surface area (Å²) in [7, 11) is 3.49. The van der Waals surface area contributed by atoms with E-state index in [9.17, 15) is 4.79 Å². The second kappa shape index (κ2) is 5.97. The molecule has 1 saturated heterocycles. The molecule has 0 spiro atoms. The number of rotatable bonds is 3. The Kier molecular flexibility index (Phi) is 4.31. The number of piperazine rings is 1. The summed E-state index contributed by atoms with van der Waals surface area (Å²) in [4.78, 5) is 24.4. The number of nitrogens with zero attached hydrogens (tertiary/aromatic N) is 4. The number of likely N-dealkylation sites (N-methyl/N-ethyl adjacent to an activating group) is 1. The Balaban J connectivity index is 2.15. The van der Waals surface area contributed by atoms with Crippen LogP contribution in [0, 0.1) is 0 Å². The molecule has 1 aliphatic rings. The molecule has 0 N–H and O–H groups in total. The van der Waals surface area contributed by atoms with E-state index < -0.39 is 5.97 Å². The first kappa shape index (κ1) is 13.7. The van der Waals surface area contributed by atoms with E-state index in [2.05, 4.69) is 38.5 Å². The molecule has 6 nitrogen and oxygen atoms in total. The van der Waals surface area contributed by atoms with Crippen molar-refractivity contribution in [2.24, 2.45) is 0 Å². The zero-order valence-corrected chi connectivity index (χ0v) is 11.7. The van der Waals surface area contributed by atoms with Crippen LogP contribution in [0.1, 0.15) is 23.8 Å². The van der Waals surface area contributed by atoms with Crippen molar-refractivity contribution in [3.8, 4) is 0 Å². The predicted octanol–water partition coefficient (Wildman–Crippen LogP) is 0.794. The summed E-state index contributed by atoms with van der Waals surface area (Å²) in [5, 5.41) is 0. The average Bonchev–Trinajstić information content (AvgIpc) is 2.47. The number of aromatic nitrogens is 2. The van der Waals surface area contributed by atoms with Crippen LogP contribution in [0.15, 0.2) is 12.4 Å². The van der Waals surface area contributed by atoms with Crippen molar-refractivity contribution in [2.45, 2.75) is 19.4 Å². The van der Waals surface area contributed by atoms with Crippen LogP contribution < -0.4 is 4.90 Å². The van der Waals surface area contributed by atoms with Crippen LogP contribution in [0.3, 0.4) is 0 Å². The Morgan fingerprint density at radius 2 is 2.26 bits per heavy atom. The van der Waals surface area contributed by atoms with Crippen molar-refractivity contribution in [3.05, 3.63) is 18.1 Å². The van der Waals surface area contributed by atoms with E-state index in [0.29, 0.717) is 6.04 Å². The molecule has 1 aromatic heterocycles. The van der Waals surface area contributed by atoms with Crippen LogP contribution in [0.2, 0.25) is 0 Å². The van der Waals surface area contributed by atoms with Gasteiger partial charge in [-0.3, -0.25) is 9.88 Å². The number of anilines is 1. The number of esters is 1. The highest BCUT2D eigenvalue weighted by Crippen LogP contribution is 2.17. The molecule has 1 fully saturated rings. The van der Waals surface area contributed by atoms with E-state index in [1.807, 2.05) is 0 Å². The number of carbonyl (C=O) groups excluding carboxylic acids is 1. The molecule has 1 atom stereocenters. The second-order valence-electron chi connectivity index (χ2n) is 4.74. The fourth-order valence-electron chi connectivity index (χ4n) is 2.31. The first-order chi connectivity index (χ1) is 9.15. The summed E-state index contributed by atoms with van der Waals surface area (Å²) in [5.74, 6) is 0.296. The first-order valence-electron chi connectivity index (χ1n) is 6.51. The number of hydrogen-bond acceptors (Lipinski definition) is 6. The lowest BCUT2D eigenvalue weighted by Gasteiger charge is -2.39. The molecule has 2 heterocycles. The maximum atomic E-state index is 11.5. The van der Waals surface area contributed by atoms with Crippen molar-refractivity contribution in [2.75, 3.05) is 38.7 Å². The molecule has 0 amide bonds. The minimum absolute atomic E-state index is 0.256. The second-order valence-corrected chi connectivity index (χ2v) is 4.74. The van der Waals surface area contributed by atoms with Crippen LogP contribution in [-0.4, -0.2) is 60.7 Å². The summed E-state index contributed by atoms with van der Waals surface area (Å²) in [5.41, 5.74) is 0.256. The quantitative estimate of drug-likeness (QED) is 0.752. The molecule has 6 heteroatoms. The van der Waals surface area contributed by atoms with Crippen LogP contribution in [0.5, 0.6) is 0 Å². The molecule has 2 rings (SSSR count). The van der Waals surface area contributed by atoms with E-state index in [-0.39, 0.29) is 5.69 Å². The zero-order valence-electron chi connectivity index (χ0n) is 11.7.